The number of rotatable bonds is 0. The Labute approximate surface area is 71.3 Å². The summed E-state index contributed by atoms with van der Waals surface area (Å²) in [6, 6.07) is 0. The first kappa shape index (κ1) is 17.2. The lowest BCUT2D eigenvalue weighted by Crippen LogP contribution is -1.39. The summed E-state index contributed by atoms with van der Waals surface area (Å²) in [7, 11) is 0. The number of terminal acetylenes is 1. The van der Waals surface area contributed by atoms with E-state index in [0.29, 0.717) is 0 Å². The van der Waals surface area contributed by atoms with E-state index in [-0.39, 0.29) is 6.33 Å². The van der Waals surface area contributed by atoms with E-state index in [1.807, 2.05) is 0 Å². The van der Waals surface area contributed by atoms with Gasteiger partial charge in [0, 0.05) is 0 Å². The quantitative estimate of drug-likeness (QED) is 0.416. The highest BCUT2D eigenvalue weighted by Gasteiger charge is 1.75. The van der Waals surface area contributed by atoms with E-state index in [0.717, 1.165) is 6.17 Å². The van der Waals surface area contributed by atoms with Crippen molar-refractivity contribution in [3.8, 4) is 12.6 Å². The van der Waals surface area contributed by atoms with Crippen molar-refractivity contribution in [1.82, 2.24) is 0 Å². The summed E-state index contributed by atoms with van der Waals surface area (Å²) in [6.07, 6.45) is 2.53. The molecule has 70 valence electrons. The topological polar surface area (TPSA) is 0 Å². The Hall–Kier alpha value is -1.02. The molecule has 0 aliphatic heterocycles. The van der Waals surface area contributed by atoms with Gasteiger partial charge in [0.2, 0.25) is 5.29 Å². The molecule has 0 amide bonds. The molecule has 6 heteroatoms. The number of hydrogen-bond donors (Lipinski definition) is 0. The van der Waals surface area contributed by atoms with Crippen molar-refractivity contribution >= 4 is 11.6 Å². The van der Waals surface area contributed by atoms with E-state index < -0.39 is 11.4 Å². The van der Waals surface area contributed by atoms with Crippen molar-refractivity contribution in [1.29, 1.82) is 0 Å². The molecule has 0 rings (SSSR count). The highest BCUT2D eigenvalue weighted by Crippen LogP contribution is 1.99. The van der Waals surface area contributed by atoms with Gasteiger partial charge in [-0.15, -0.1) is 4.39 Å². The van der Waals surface area contributed by atoms with Crippen molar-refractivity contribution in [2.45, 2.75) is 0 Å². The molecule has 0 atom stereocenters. The van der Waals surface area contributed by atoms with Crippen LogP contribution in [0.1, 0.15) is 0 Å². The molecule has 0 aromatic heterocycles. The maximum Gasteiger partial charge on any atom is 0.263 e. The third-order valence-electron chi connectivity index (χ3n) is 0.0825. The van der Waals surface area contributed by atoms with E-state index in [2.05, 4.69) is 24.6 Å². The standard InChI is InChI=1S/C2HClF2.C2H2F2.C2HF/c3-2(5)1-4;1-2(3)4;1-2-3/h1H;1H2;1H. The van der Waals surface area contributed by atoms with Crippen LogP contribution in [0.4, 0.5) is 22.0 Å². The van der Waals surface area contributed by atoms with Gasteiger partial charge < -0.3 is 0 Å². The van der Waals surface area contributed by atoms with Gasteiger partial charge in [-0.3, -0.25) is 0 Å². The predicted octanol–water partition coefficient (Wildman–Crippen LogP) is 3.91. The van der Waals surface area contributed by atoms with Crippen molar-refractivity contribution < 1.29 is 22.0 Å². The zero-order chi connectivity index (χ0) is 10.6. The van der Waals surface area contributed by atoms with Crippen LogP contribution in [0.15, 0.2) is 24.3 Å². The van der Waals surface area contributed by atoms with Crippen LogP contribution < -0.4 is 0 Å². The van der Waals surface area contributed by atoms with Crippen molar-refractivity contribution in [2.75, 3.05) is 0 Å². The Kier molecular flexibility index (Phi) is 23.6. The van der Waals surface area contributed by atoms with Crippen LogP contribution in [0, 0.1) is 12.6 Å². The van der Waals surface area contributed by atoms with E-state index in [1.165, 1.54) is 0 Å². The Morgan fingerprint density at radius 2 is 1.50 bits per heavy atom. The normalized spacial score (nSPS) is 7.92. The van der Waals surface area contributed by atoms with Crippen LogP contribution in [0.5, 0.6) is 0 Å². The predicted molar refractivity (Wildman–Crippen MR) is 37.4 cm³/mol. The molecular formula is C6H4ClF5. The van der Waals surface area contributed by atoms with E-state index >= 15 is 0 Å². The molecule has 0 aliphatic rings. The minimum absolute atomic E-state index is 0.318. The molecule has 0 bridgehead atoms. The summed E-state index contributed by atoms with van der Waals surface area (Å²) < 4.78 is 51.2. The molecule has 0 N–H and O–H groups in total. The molecule has 0 heterocycles. The number of hydrogen-bond acceptors (Lipinski definition) is 0. The average molecular weight is 207 g/mol. The highest BCUT2D eigenvalue weighted by molar-refractivity contribution is 6.27. The molecule has 0 unspecified atom stereocenters. The molecular weight excluding hydrogens is 203 g/mol. The largest absolute Gasteiger partial charge is 0.263 e. The maximum atomic E-state index is 10.7. The lowest BCUT2D eigenvalue weighted by molar-refractivity contribution is 0.426. The molecule has 0 saturated heterocycles. The van der Waals surface area contributed by atoms with Gasteiger partial charge in [-0.05, 0) is 18.2 Å². The van der Waals surface area contributed by atoms with E-state index in [9.17, 15) is 22.0 Å². The lowest BCUT2D eigenvalue weighted by atomic mass is 11.2. The first-order valence-corrected chi connectivity index (χ1v) is 2.47. The molecule has 0 aromatic rings. The summed E-state index contributed by atoms with van der Waals surface area (Å²) in [5.74, 6) is 0. The zero-order valence-corrected chi connectivity index (χ0v) is 6.39. The van der Waals surface area contributed by atoms with Crippen molar-refractivity contribution in [3.05, 3.63) is 24.3 Å². The van der Waals surface area contributed by atoms with E-state index in [4.69, 9.17) is 0 Å². The first-order valence-electron chi connectivity index (χ1n) is 2.09. The lowest BCUT2D eigenvalue weighted by Gasteiger charge is -1.61. The van der Waals surface area contributed by atoms with Crippen molar-refractivity contribution in [2.24, 2.45) is 0 Å². The Morgan fingerprint density at radius 1 is 1.42 bits per heavy atom. The number of halogens is 6. The second-order valence-electron chi connectivity index (χ2n) is 0.847. The summed E-state index contributed by atoms with van der Waals surface area (Å²) >= 11 is 4.28. The smallest absolute Gasteiger partial charge is 0.211 e. The fourth-order valence-corrected chi connectivity index (χ4v) is 0. The molecule has 0 spiro atoms. The van der Waals surface area contributed by atoms with Crippen LogP contribution in [0.3, 0.4) is 0 Å². The monoisotopic (exact) mass is 206 g/mol. The van der Waals surface area contributed by atoms with Crippen LogP contribution in [0.25, 0.3) is 0 Å². The summed E-state index contributed by atoms with van der Waals surface area (Å²) in [5.41, 5.74) is 0. The molecule has 12 heavy (non-hydrogen) atoms. The first-order chi connectivity index (χ1) is 5.42. The molecule has 0 aliphatic carbocycles. The Balaban J connectivity index is -0.000000105. The van der Waals surface area contributed by atoms with Crippen LogP contribution in [0.2, 0.25) is 0 Å². The summed E-state index contributed by atoms with van der Waals surface area (Å²) in [5, 5.41) is -1.31. The van der Waals surface area contributed by atoms with Gasteiger partial charge in [0.15, 0.2) is 0 Å². The zero-order valence-electron chi connectivity index (χ0n) is 5.63. The molecule has 0 radical (unpaired) electrons. The van der Waals surface area contributed by atoms with Gasteiger partial charge >= 0.3 is 0 Å². The molecule has 0 nitrogen and oxygen atoms in total. The molecule has 0 saturated carbocycles. The second kappa shape index (κ2) is 16.5. The SMILES string of the molecule is C#CF.C=C(F)F.FC=C(F)Cl. The van der Waals surface area contributed by atoms with Gasteiger partial charge in [-0.25, -0.2) is 4.39 Å². The van der Waals surface area contributed by atoms with Crippen LogP contribution in [-0.4, -0.2) is 0 Å². The second-order valence-corrected chi connectivity index (χ2v) is 1.21. The Morgan fingerprint density at radius 3 is 1.50 bits per heavy atom. The van der Waals surface area contributed by atoms with Gasteiger partial charge in [0.05, 0.1) is 0 Å². The van der Waals surface area contributed by atoms with Crippen LogP contribution >= 0.6 is 11.6 Å². The van der Waals surface area contributed by atoms with Gasteiger partial charge in [-0.2, -0.15) is 13.2 Å². The third-order valence-corrected chi connectivity index (χ3v) is 0.165. The van der Waals surface area contributed by atoms with E-state index in [1.54, 1.807) is 0 Å². The minimum atomic E-state index is -1.83. The maximum absolute atomic E-state index is 10.7. The van der Waals surface area contributed by atoms with Gasteiger partial charge in [0.25, 0.3) is 6.08 Å². The Bertz CT molecular complexity index is 161. The summed E-state index contributed by atoms with van der Waals surface area (Å²) in [6.45, 7) is 2.22. The summed E-state index contributed by atoms with van der Waals surface area (Å²) in [4.78, 5) is 0. The highest BCUT2D eigenvalue weighted by atomic mass is 35.5. The third kappa shape index (κ3) is 595. The van der Waals surface area contributed by atoms with Gasteiger partial charge in [-0.1, -0.05) is 6.42 Å². The fourth-order valence-electron chi connectivity index (χ4n) is 0. The van der Waals surface area contributed by atoms with Gasteiger partial charge in [0.1, 0.15) is 12.5 Å². The molecule has 0 aromatic carbocycles. The average Bonchev–Trinajstić information content (AvgIpc) is 1.88. The minimum Gasteiger partial charge on any atom is -0.211 e. The fraction of sp³-hybridized carbons (Fsp3) is 0. The van der Waals surface area contributed by atoms with Crippen LogP contribution in [-0.2, 0) is 0 Å². The van der Waals surface area contributed by atoms with Crippen molar-refractivity contribution in [3.63, 3.8) is 0 Å². The molecule has 0 fully saturated rings.